The Kier molecular flexibility index (Phi) is 3.34. The van der Waals surface area contributed by atoms with Gasteiger partial charge in [0.25, 0.3) is 0 Å². The average Bonchev–Trinajstić information content (AvgIpc) is 2.79. The summed E-state index contributed by atoms with van der Waals surface area (Å²) in [7, 11) is 0. The van der Waals surface area contributed by atoms with E-state index >= 15 is 0 Å². The van der Waals surface area contributed by atoms with Crippen LogP contribution in [0.1, 0.15) is 5.69 Å². The molecule has 0 amide bonds. The largest absolute Gasteiger partial charge is 0.238 e. The summed E-state index contributed by atoms with van der Waals surface area (Å²) < 4.78 is 2.10. The van der Waals surface area contributed by atoms with Crippen LogP contribution in [0.4, 0.5) is 0 Å². The summed E-state index contributed by atoms with van der Waals surface area (Å²) in [6.45, 7) is 3.69. The van der Waals surface area contributed by atoms with Crippen LogP contribution >= 0.6 is 34.4 Å². The predicted octanol–water partition coefficient (Wildman–Crippen LogP) is 3.48. The lowest BCUT2D eigenvalue weighted by Crippen LogP contribution is -1.78. The Bertz CT molecular complexity index is 405. The molecule has 72 valence electrons. The zero-order valence-electron chi connectivity index (χ0n) is 7.34. The van der Waals surface area contributed by atoms with E-state index in [4.69, 9.17) is 0 Å². The fourth-order valence-electron chi connectivity index (χ4n) is 0.912. The van der Waals surface area contributed by atoms with E-state index in [1.54, 1.807) is 34.4 Å². The Morgan fingerprint density at radius 1 is 1.43 bits per heavy atom. The fourth-order valence-corrected chi connectivity index (χ4v) is 3.58. The van der Waals surface area contributed by atoms with Gasteiger partial charge in [0.2, 0.25) is 0 Å². The van der Waals surface area contributed by atoms with Crippen molar-refractivity contribution in [2.75, 3.05) is 0 Å². The number of thiazole rings is 2. The van der Waals surface area contributed by atoms with Crippen molar-refractivity contribution in [3.05, 3.63) is 35.3 Å². The van der Waals surface area contributed by atoms with Gasteiger partial charge in [0.1, 0.15) is 0 Å². The molecular weight excluding hydrogens is 232 g/mol. The highest BCUT2D eigenvalue weighted by Gasteiger charge is 2.04. The molecule has 0 aromatic carbocycles. The minimum Gasteiger partial charge on any atom is -0.238 e. The summed E-state index contributed by atoms with van der Waals surface area (Å²) in [5.74, 6) is 0. The third kappa shape index (κ3) is 2.43. The molecule has 0 saturated carbocycles. The van der Waals surface area contributed by atoms with Gasteiger partial charge in [-0.1, -0.05) is 6.08 Å². The highest BCUT2D eigenvalue weighted by Crippen LogP contribution is 2.31. The van der Waals surface area contributed by atoms with Crippen LogP contribution in [0, 0.1) is 0 Å². The smallest absolute Gasteiger partial charge is 0.157 e. The van der Waals surface area contributed by atoms with E-state index in [9.17, 15) is 0 Å². The number of hydrogen-bond donors (Lipinski definition) is 0. The van der Waals surface area contributed by atoms with Crippen molar-refractivity contribution in [3.8, 4) is 0 Å². The number of allylic oxidation sites excluding steroid dienone is 1. The van der Waals surface area contributed by atoms with Gasteiger partial charge in [0.05, 0.1) is 5.69 Å². The Balaban J connectivity index is 2.06. The molecule has 0 saturated heterocycles. The molecule has 0 N–H and O–H groups in total. The van der Waals surface area contributed by atoms with Gasteiger partial charge in [-0.15, -0.1) is 29.3 Å². The van der Waals surface area contributed by atoms with Gasteiger partial charge in [-0.2, -0.15) is 0 Å². The normalized spacial score (nSPS) is 10.3. The van der Waals surface area contributed by atoms with E-state index in [1.165, 1.54) is 0 Å². The molecule has 2 rings (SSSR count). The van der Waals surface area contributed by atoms with Gasteiger partial charge in [-0.25, -0.2) is 9.97 Å². The second kappa shape index (κ2) is 4.72. The molecule has 0 bridgehead atoms. The lowest BCUT2D eigenvalue weighted by Gasteiger charge is -1.88. The van der Waals surface area contributed by atoms with Crippen LogP contribution < -0.4 is 0 Å². The van der Waals surface area contributed by atoms with Crippen molar-refractivity contribution in [2.45, 2.75) is 15.1 Å². The Hall–Kier alpha value is -0.650. The van der Waals surface area contributed by atoms with E-state index < -0.39 is 0 Å². The summed E-state index contributed by atoms with van der Waals surface area (Å²) in [5, 5.41) is 4.04. The molecular formula is C9H8N2S3. The SMILES string of the molecule is C=CCc1csc(Sc2nccs2)n1. The van der Waals surface area contributed by atoms with Gasteiger partial charge in [0, 0.05) is 23.4 Å². The minimum atomic E-state index is 0.842. The van der Waals surface area contributed by atoms with E-state index in [-0.39, 0.29) is 0 Å². The molecule has 0 unspecified atom stereocenters. The molecule has 0 aliphatic carbocycles. The van der Waals surface area contributed by atoms with E-state index in [0.29, 0.717) is 0 Å². The first kappa shape index (κ1) is 9.89. The molecule has 0 aliphatic rings. The lowest BCUT2D eigenvalue weighted by atomic mass is 10.3. The molecule has 2 aromatic rings. The summed E-state index contributed by atoms with van der Waals surface area (Å²) in [6.07, 6.45) is 4.52. The Morgan fingerprint density at radius 2 is 2.36 bits per heavy atom. The van der Waals surface area contributed by atoms with Crippen molar-refractivity contribution in [2.24, 2.45) is 0 Å². The molecule has 2 aromatic heterocycles. The second-order valence-electron chi connectivity index (χ2n) is 2.50. The van der Waals surface area contributed by atoms with Crippen molar-refractivity contribution in [3.63, 3.8) is 0 Å². The summed E-state index contributed by atoms with van der Waals surface area (Å²) in [4.78, 5) is 8.65. The zero-order chi connectivity index (χ0) is 9.80. The quantitative estimate of drug-likeness (QED) is 0.765. The lowest BCUT2D eigenvalue weighted by molar-refractivity contribution is 1.09. The third-order valence-corrected chi connectivity index (χ3v) is 4.34. The minimum absolute atomic E-state index is 0.842. The first-order valence-corrected chi connectivity index (χ1v) is 6.58. The number of rotatable bonds is 4. The van der Waals surface area contributed by atoms with Crippen LogP contribution in [0.5, 0.6) is 0 Å². The summed E-state index contributed by atoms with van der Waals surface area (Å²) in [5.41, 5.74) is 1.09. The maximum atomic E-state index is 4.45. The predicted molar refractivity (Wildman–Crippen MR) is 62.3 cm³/mol. The van der Waals surface area contributed by atoms with Gasteiger partial charge >= 0.3 is 0 Å². The van der Waals surface area contributed by atoms with Crippen LogP contribution in [-0.2, 0) is 6.42 Å². The maximum absolute atomic E-state index is 4.45. The molecule has 0 radical (unpaired) electrons. The average molecular weight is 240 g/mol. The van der Waals surface area contributed by atoms with Crippen molar-refractivity contribution in [1.82, 2.24) is 9.97 Å². The van der Waals surface area contributed by atoms with Crippen molar-refractivity contribution >= 4 is 34.4 Å². The highest BCUT2D eigenvalue weighted by molar-refractivity contribution is 8.02. The molecule has 14 heavy (non-hydrogen) atoms. The Labute approximate surface area is 94.7 Å². The topological polar surface area (TPSA) is 25.8 Å². The van der Waals surface area contributed by atoms with E-state index in [1.807, 2.05) is 17.7 Å². The molecule has 0 fully saturated rings. The number of nitrogens with zero attached hydrogens (tertiary/aromatic N) is 2. The fraction of sp³-hybridized carbons (Fsp3) is 0.111. The van der Waals surface area contributed by atoms with Crippen LogP contribution in [0.2, 0.25) is 0 Å². The summed E-state index contributed by atoms with van der Waals surface area (Å²) >= 11 is 4.92. The van der Waals surface area contributed by atoms with Gasteiger partial charge < -0.3 is 0 Å². The van der Waals surface area contributed by atoms with Crippen LogP contribution in [0.15, 0.2) is 38.3 Å². The number of aromatic nitrogens is 2. The first-order valence-electron chi connectivity index (χ1n) is 4.01. The molecule has 2 nitrogen and oxygen atoms in total. The molecule has 0 aliphatic heterocycles. The van der Waals surface area contributed by atoms with Gasteiger partial charge in [0.15, 0.2) is 8.68 Å². The summed E-state index contributed by atoms with van der Waals surface area (Å²) in [6, 6.07) is 0. The van der Waals surface area contributed by atoms with Crippen molar-refractivity contribution < 1.29 is 0 Å². The van der Waals surface area contributed by atoms with Crippen LogP contribution in [0.25, 0.3) is 0 Å². The third-order valence-electron chi connectivity index (χ3n) is 1.47. The molecule has 5 heteroatoms. The van der Waals surface area contributed by atoms with E-state index in [2.05, 4.69) is 21.9 Å². The Morgan fingerprint density at radius 3 is 3.07 bits per heavy atom. The standard InChI is InChI=1S/C9H8N2S3/c1-2-3-7-6-13-9(11-7)14-8-10-4-5-12-8/h2,4-6H,1,3H2. The first-order chi connectivity index (χ1) is 6.88. The molecule has 0 atom stereocenters. The maximum Gasteiger partial charge on any atom is 0.157 e. The van der Waals surface area contributed by atoms with Gasteiger partial charge in [-0.05, 0) is 11.8 Å². The van der Waals surface area contributed by atoms with E-state index in [0.717, 1.165) is 20.8 Å². The number of hydrogen-bond acceptors (Lipinski definition) is 5. The van der Waals surface area contributed by atoms with Crippen LogP contribution in [0.3, 0.4) is 0 Å². The molecule has 2 heterocycles. The van der Waals surface area contributed by atoms with Gasteiger partial charge in [-0.3, -0.25) is 0 Å². The van der Waals surface area contributed by atoms with Crippen LogP contribution in [-0.4, -0.2) is 9.97 Å². The zero-order valence-corrected chi connectivity index (χ0v) is 9.79. The monoisotopic (exact) mass is 240 g/mol. The molecule has 0 spiro atoms. The van der Waals surface area contributed by atoms with Crippen molar-refractivity contribution in [1.29, 1.82) is 0 Å². The second-order valence-corrected chi connectivity index (χ2v) is 5.74. The highest BCUT2D eigenvalue weighted by atomic mass is 32.2.